The van der Waals surface area contributed by atoms with E-state index in [1.165, 1.54) is 0 Å². The van der Waals surface area contributed by atoms with Crippen LogP contribution >= 0.6 is 0 Å². The van der Waals surface area contributed by atoms with Gasteiger partial charge in [0.1, 0.15) is 11.4 Å². The topological polar surface area (TPSA) is 70.5 Å². The predicted octanol–water partition coefficient (Wildman–Crippen LogP) is 1.23. The van der Waals surface area contributed by atoms with Crippen molar-refractivity contribution in [3.8, 4) is 0 Å². The molecule has 0 radical (unpaired) electrons. The van der Waals surface area contributed by atoms with E-state index in [9.17, 15) is 14.1 Å². The van der Waals surface area contributed by atoms with Crippen molar-refractivity contribution in [2.75, 3.05) is 29.5 Å². The number of carboxylic acids is 1. The molecule has 1 N–H and O–H groups in total. The SMILES string of the molecule is O=C(O)c1cc2c(nc1N1CCS(=O)CC1)CCCC2. The summed E-state index contributed by atoms with van der Waals surface area (Å²) in [5, 5.41) is 9.42. The van der Waals surface area contributed by atoms with E-state index in [1.54, 1.807) is 6.07 Å². The minimum atomic E-state index is -0.924. The average molecular weight is 294 g/mol. The fraction of sp³-hybridized carbons (Fsp3) is 0.571. The van der Waals surface area contributed by atoms with Gasteiger partial charge < -0.3 is 10.0 Å². The summed E-state index contributed by atoms with van der Waals surface area (Å²) < 4.78 is 11.4. The highest BCUT2D eigenvalue weighted by Gasteiger charge is 2.24. The minimum Gasteiger partial charge on any atom is -0.478 e. The van der Waals surface area contributed by atoms with Crippen LogP contribution in [0.3, 0.4) is 0 Å². The summed E-state index contributed by atoms with van der Waals surface area (Å²) in [6.07, 6.45) is 4.08. The predicted molar refractivity (Wildman–Crippen MR) is 77.9 cm³/mol. The van der Waals surface area contributed by atoms with Gasteiger partial charge >= 0.3 is 5.97 Å². The Hall–Kier alpha value is -1.43. The monoisotopic (exact) mass is 294 g/mol. The van der Waals surface area contributed by atoms with Crippen molar-refractivity contribution < 1.29 is 14.1 Å². The maximum atomic E-state index is 11.5. The van der Waals surface area contributed by atoms with Crippen molar-refractivity contribution >= 4 is 22.6 Å². The molecule has 0 saturated carbocycles. The number of rotatable bonds is 2. The van der Waals surface area contributed by atoms with Crippen LogP contribution in [0.2, 0.25) is 0 Å². The Bertz CT molecular complexity index is 564. The lowest BCUT2D eigenvalue weighted by Gasteiger charge is -2.29. The van der Waals surface area contributed by atoms with Crippen molar-refractivity contribution in [2.45, 2.75) is 25.7 Å². The smallest absolute Gasteiger partial charge is 0.339 e. The third-order valence-electron chi connectivity index (χ3n) is 3.99. The summed E-state index contributed by atoms with van der Waals surface area (Å²) in [4.78, 5) is 18.1. The lowest BCUT2D eigenvalue weighted by atomic mass is 9.94. The van der Waals surface area contributed by atoms with E-state index in [-0.39, 0.29) is 0 Å². The van der Waals surface area contributed by atoms with Gasteiger partial charge in [0.25, 0.3) is 0 Å². The molecule has 5 nitrogen and oxygen atoms in total. The molecular formula is C14H18N2O3S. The second-order valence-corrected chi connectivity index (χ2v) is 7.01. The van der Waals surface area contributed by atoms with E-state index in [0.29, 0.717) is 36.0 Å². The molecule has 1 aliphatic carbocycles. The Kier molecular flexibility index (Phi) is 3.74. The molecular weight excluding hydrogens is 276 g/mol. The van der Waals surface area contributed by atoms with Crippen LogP contribution in [-0.4, -0.2) is 44.9 Å². The van der Waals surface area contributed by atoms with Crippen LogP contribution < -0.4 is 4.90 Å². The number of fused-ring (bicyclic) bond motifs is 1. The molecule has 0 unspecified atom stereocenters. The Morgan fingerprint density at radius 3 is 2.65 bits per heavy atom. The molecule has 2 aliphatic rings. The van der Waals surface area contributed by atoms with E-state index in [4.69, 9.17) is 0 Å². The van der Waals surface area contributed by atoms with Gasteiger partial charge in [-0.1, -0.05) is 0 Å². The van der Waals surface area contributed by atoms with Gasteiger partial charge in [-0.2, -0.15) is 0 Å². The molecule has 6 heteroatoms. The molecule has 0 aromatic carbocycles. The molecule has 20 heavy (non-hydrogen) atoms. The number of hydrogen-bond donors (Lipinski definition) is 1. The largest absolute Gasteiger partial charge is 0.478 e. The normalized spacial score (nSPS) is 19.7. The molecule has 0 amide bonds. The number of anilines is 1. The molecule has 3 rings (SSSR count). The Morgan fingerprint density at radius 2 is 1.95 bits per heavy atom. The minimum absolute atomic E-state index is 0.290. The Morgan fingerprint density at radius 1 is 1.25 bits per heavy atom. The molecule has 108 valence electrons. The van der Waals surface area contributed by atoms with E-state index < -0.39 is 16.8 Å². The number of aromatic carboxylic acids is 1. The molecule has 1 aliphatic heterocycles. The van der Waals surface area contributed by atoms with Gasteiger partial charge in [0, 0.05) is 41.1 Å². The first-order chi connectivity index (χ1) is 9.65. The standard InChI is InChI=1S/C14H18N2O3S/c17-14(18)11-9-10-3-1-2-4-12(10)15-13(11)16-5-7-20(19)8-6-16/h9H,1-8H2,(H,17,18). The van der Waals surface area contributed by atoms with Gasteiger partial charge in [-0.3, -0.25) is 4.21 Å². The molecule has 0 atom stereocenters. The molecule has 1 saturated heterocycles. The number of hydrogen-bond acceptors (Lipinski definition) is 4. The summed E-state index contributed by atoms with van der Waals surface area (Å²) in [5.74, 6) is 0.831. The highest BCUT2D eigenvalue weighted by Crippen LogP contribution is 2.27. The zero-order valence-electron chi connectivity index (χ0n) is 11.3. The van der Waals surface area contributed by atoms with E-state index in [2.05, 4.69) is 4.98 Å². The summed E-state index contributed by atoms with van der Waals surface area (Å²) in [5.41, 5.74) is 2.42. The number of carboxylic acid groups (broad SMARTS) is 1. The van der Waals surface area contributed by atoms with Gasteiger partial charge in [0.05, 0.1) is 0 Å². The zero-order valence-corrected chi connectivity index (χ0v) is 12.1. The first kappa shape index (κ1) is 13.5. The van der Waals surface area contributed by atoms with Crippen LogP contribution in [0.25, 0.3) is 0 Å². The van der Waals surface area contributed by atoms with E-state index in [0.717, 1.165) is 36.9 Å². The van der Waals surface area contributed by atoms with Crippen molar-refractivity contribution in [3.05, 3.63) is 22.9 Å². The quantitative estimate of drug-likeness (QED) is 0.888. The molecule has 1 fully saturated rings. The van der Waals surface area contributed by atoms with Gasteiger partial charge in [-0.15, -0.1) is 0 Å². The third-order valence-corrected chi connectivity index (χ3v) is 5.26. The van der Waals surface area contributed by atoms with Crippen LogP contribution in [0, 0.1) is 0 Å². The van der Waals surface area contributed by atoms with Crippen LogP contribution in [-0.2, 0) is 23.6 Å². The van der Waals surface area contributed by atoms with Gasteiger partial charge in [-0.25, -0.2) is 9.78 Å². The van der Waals surface area contributed by atoms with Crippen LogP contribution in [0.5, 0.6) is 0 Å². The summed E-state index contributed by atoms with van der Waals surface area (Å²) in [7, 11) is -0.771. The van der Waals surface area contributed by atoms with Crippen molar-refractivity contribution in [1.82, 2.24) is 4.98 Å². The third kappa shape index (κ3) is 2.57. The van der Waals surface area contributed by atoms with Crippen LogP contribution in [0.15, 0.2) is 6.07 Å². The summed E-state index contributed by atoms with van der Waals surface area (Å²) in [6.45, 7) is 1.25. The molecule has 0 spiro atoms. The Labute approximate surface area is 120 Å². The number of pyridine rings is 1. The van der Waals surface area contributed by atoms with Gasteiger partial charge in [-0.05, 0) is 37.3 Å². The Balaban J connectivity index is 1.99. The molecule has 0 bridgehead atoms. The van der Waals surface area contributed by atoms with Crippen LogP contribution in [0.1, 0.15) is 34.5 Å². The lowest BCUT2D eigenvalue weighted by molar-refractivity contribution is 0.0697. The van der Waals surface area contributed by atoms with Gasteiger partial charge in [0.2, 0.25) is 0 Å². The average Bonchev–Trinajstić information content (AvgIpc) is 2.46. The fourth-order valence-corrected chi connectivity index (χ4v) is 3.92. The maximum absolute atomic E-state index is 11.5. The second-order valence-electron chi connectivity index (χ2n) is 5.31. The van der Waals surface area contributed by atoms with Crippen molar-refractivity contribution in [1.29, 1.82) is 0 Å². The zero-order chi connectivity index (χ0) is 14.1. The number of carbonyl (C=O) groups is 1. The number of nitrogens with zero attached hydrogens (tertiary/aromatic N) is 2. The first-order valence-electron chi connectivity index (χ1n) is 7.01. The lowest BCUT2D eigenvalue weighted by Crippen LogP contribution is -2.39. The summed E-state index contributed by atoms with van der Waals surface area (Å²) in [6, 6.07) is 1.80. The second kappa shape index (κ2) is 5.52. The number of aromatic nitrogens is 1. The van der Waals surface area contributed by atoms with Crippen molar-refractivity contribution in [2.24, 2.45) is 0 Å². The van der Waals surface area contributed by atoms with E-state index >= 15 is 0 Å². The van der Waals surface area contributed by atoms with Gasteiger partial charge in [0.15, 0.2) is 0 Å². The van der Waals surface area contributed by atoms with E-state index in [1.807, 2.05) is 4.90 Å². The highest BCUT2D eigenvalue weighted by molar-refractivity contribution is 7.85. The van der Waals surface area contributed by atoms with Crippen LogP contribution in [0.4, 0.5) is 5.82 Å². The van der Waals surface area contributed by atoms with Crippen molar-refractivity contribution in [3.63, 3.8) is 0 Å². The highest BCUT2D eigenvalue weighted by atomic mass is 32.2. The number of aryl methyl sites for hydroxylation is 2. The fourth-order valence-electron chi connectivity index (χ4n) is 2.87. The maximum Gasteiger partial charge on any atom is 0.339 e. The molecule has 2 heterocycles. The first-order valence-corrected chi connectivity index (χ1v) is 8.50. The molecule has 1 aromatic heterocycles. The summed E-state index contributed by atoms with van der Waals surface area (Å²) >= 11 is 0. The molecule has 1 aromatic rings.